The Morgan fingerprint density at radius 3 is 2.56 bits per heavy atom. The minimum atomic E-state index is -1.40. The topological polar surface area (TPSA) is 90.9 Å². The zero-order valence-electron chi connectivity index (χ0n) is 9.55. The van der Waals surface area contributed by atoms with E-state index in [9.17, 15) is 9.90 Å². The number of nitrogens with one attached hydrogen (secondary N) is 2. The molecule has 0 spiro atoms. The molecule has 0 radical (unpaired) electrons. The number of carbonyl (C=O) groups is 1. The SMILES string of the molecule is O=C(Nc1cn[nH]n1)C1(O)Cc2ccccc2C1. The first-order valence-electron chi connectivity index (χ1n) is 5.64. The maximum Gasteiger partial charge on any atom is 0.258 e. The number of anilines is 1. The van der Waals surface area contributed by atoms with Gasteiger partial charge in [0.15, 0.2) is 11.4 Å². The minimum absolute atomic E-state index is 0.310. The largest absolute Gasteiger partial charge is 0.379 e. The standard InChI is InChI=1S/C12H12N4O2/c17-11(14-10-7-13-16-15-10)12(18)5-8-3-1-2-4-9(8)6-12/h1-4,7,18H,5-6H2,(H2,13,14,15,16,17). The number of hydrogen-bond donors (Lipinski definition) is 3. The summed E-state index contributed by atoms with van der Waals surface area (Å²) in [5, 5.41) is 22.7. The fourth-order valence-electron chi connectivity index (χ4n) is 2.25. The summed E-state index contributed by atoms with van der Waals surface area (Å²) in [6.45, 7) is 0. The molecule has 6 nitrogen and oxygen atoms in total. The summed E-state index contributed by atoms with van der Waals surface area (Å²) in [7, 11) is 0. The van der Waals surface area contributed by atoms with Crippen LogP contribution in [0.15, 0.2) is 30.5 Å². The predicted molar refractivity (Wildman–Crippen MR) is 63.8 cm³/mol. The van der Waals surface area contributed by atoms with Gasteiger partial charge in [0.2, 0.25) is 0 Å². The number of aromatic nitrogens is 3. The molecule has 0 fully saturated rings. The van der Waals surface area contributed by atoms with Crippen molar-refractivity contribution in [2.75, 3.05) is 5.32 Å². The van der Waals surface area contributed by atoms with Gasteiger partial charge in [0, 0.05) is 12.8 Å². The van der Waals surface area contributed by atoms with Crippen LogP contribution in [0.25, 0.3) is 0 Å². The molecule has 3 N–H and O–H groups in total. The zero-order chi connectivity index (χ0) is 12.6. The quantitative estimate of drug-likeness (QED) is 0.707. The number of H-pyrrole nitrogens is 1. The van der Waals surface area contributed by atoms with E-state index in [1.807, 2.05) is 24.3 Å². The summed E-state index contributed by atoms with van der Waals surface area (Å²) in [6, 6.07) is 7.66. The van der Waals surface area contributed by atoms with E-state index in [0.29, 0.717) is 18.7 Å². The van der Waals surface area contributed by atoms with Crippen molar-refractivity contribution in [1.82, 2.24) is 15.4 Å². The second-order valence-corrected chi connectivity index (χ2v) is 4.46. The first-order valence-corrected chi connectivity index (χ1v) is 5.64. The van der Waals surface area contributed by atoms with Crippen LogP contribution in [-0.4, -0.2) is 32.0 Å². The van der Waals surface area contributed by atoms with Gasteiger partial charge in [0.1, 0.15) is 0 Å². The number of benzene rings is 1. The van der Waals surface area contributed by atoms with Crippen molar-refractivity contribution in [1.29, 1.82) is 0 Å². The van der Waals surface area contributed by atoms with Crippen LogP contribution < -0.4 is 5.32 Å². The lowest BCUT2D eigenvalue weighted by atomic mass is 9.99. The third-order valence-corrected chi connectivity index (χ3v) is 3.16. The molecule has 0 aliphatic heterocycles. The summed E-state index contributed by atoms with van der Waals surface area (Å²) in [6.07, 6.45) is 2.04. The molecule has 0 saturated carbocycles. The van der Waals surface area contributed by atoms with Gasteiger partial charge in [-0.1, -0.05) is 24.3 Å². The molecule has 3 rings (SSSR count). The van der Waals surface area contributed by atoms with Crippen LogP contribution in [0.5, 0.6) is 0 Å². The highest BCUT2D eigenvalue weighted by molar-refractivity contribution is 5.97. The lowest BCUT2D eigenvalue weighted by Crippen LogP contribution is -2.43. The van der Waals surface area contributed by atoms with Crippen LogP contribution in [-0.2, 0) is 17.6 Å². The molecule has 0 unspecified atom stereocenters. The van der Waals surface area contributed by atoms with Gasteiger partial charge in [-0.25, -0.2) is 0 Å². The van der Waals surface area contributed by atoms with E-state index >= 15 is 0 Å². The lowest BCUT2D eigenvalue weighted by Gasteiger charge is -2.20. The lowest BCUT2D eigenvalue weighted by molar-refractivity contribution is -0.133. The van der Waals surface area contributed by atoms with Gasteiger partial charge in [0.25, 0.3) is 5.91 Å². The normalized spacial score (nSPS) is 16.3. The highest BCUT2D eigenvalue weighted by atomic mass is 16.3. The molecule has 0 saturated heterocycles. The third kappa shape index (κ3) is 1.76. The maximum atomic E-state index is 12.1. The summed E-state index contributed by atoms with van der Waals surface area (Å²) >= 11 is 0. The van der Waals surface area contributed by atoms with Crippen molar-refractivity contribution in [2.45, 2.75) is 18.4 Å². The van der Waals surface area contributed by atoms with Crippen molar-refractivity contribution >= 4 is 11.7 Å². The van der Waals surface area contributed by atoms with Gasteiger partial charge < -0.3 is 10.4 Å². The van der Waals surface area contributed by atoms with E-state index < -0.39 is 11.5 Å². The molecule has 2 aromatic rings. The van der Waals surface area contributed by atoms with E-state index in [1.165, 1.54) is 6.20 Å². The smallest absolute Gasteiger partial charge is 0.258 e. The Balaban J connectivity index is 1.79. The molecule has 1 aliphatic carbocycles. The molecule has 18 heavy (non-hydrogen) atoms. The van der Waals surface area contributed by atoms with E-state index in [-0.39, 0.29) is 0 Å². The maximum absolute atomic E-state index is 12.1. The average molecular weight is 244 g/mol. The van der Waals surface area contributed by atoms with Crippen LogP contribution >= 0.6 is 0 Å². The molecule has 0 bridgehead atoms. The highest BCUT2D eigenvalue weighted by Crippen LogP contribution is 2.30. The molecule has 1 aromatic carbocycles. The molecule has 0 atom stereocenters. The van der Waals surface area contributed by atoms with Gasteiger partial charge >= 0.3 is 0 Å². The van der Waals surface area contributed by atoms with Crippen LogP contribution in [0, 0.1) is 0 Å². The van der Waals surface area contributed by atoms with Crippen LogP contribution in [0.4, 0.5) is 5.82 Å². The van der Waals surface area contributed by atoms with Gasteiger partial charge in [-0.15, -0.1) is 5.10 Å². The Hall–Kier alpha value is -2.21. The second-order valence-electron chi connectivity index (χ2n) is 4.46. The van der Waals surface area contributed by atoms with Gasteiger partial charge in [-0.05, 0) is 11.1 Å². The van der Waals surface area contributed by atoms with Gasteiger partial charge in [-0.3, -0.25) is 4.79 Å². The van der Waals surface area contributed by atoms with E-state index in [4.69, 9.17) is 0 Å². The van der Waals surface area contributed by atoms with Crippen LogP contribution in [0.3, 0.4) is 0 Å². The van der Waals surface area contributed by atoms with Crippen LogP contribution in [0.2, 0.25) is 0 Å². The van der Waals surface area contributed by atoms with Gasteiger partial charge in [0.05, 0.1) is 6.20 Å². The summed E-state index contributed by atoms with van der Waals surface area (Å²) in [5.41, 5.74) is 0.619. The molecular weight excluding hydrogens is 232 g/mol. The Morgan fingerprint density at radius 2 is 2.00 bits per heavy atom. The van der Waals surface area contributed by atoms with Crippen molar-refractivity contribution < 1.29 is 9.90 Å². The Morgan fingerprint density at radius 1 is 1.33 bits per heavy atom. The summed E-state index contributed by atoms with van der Waals surface area (Å²) < 4.78 is 0. The zero-order valence-corrected chi connectivity index (χ0v) is 9.55. The molecule has 1 heterocycles. The van der Waals surface area contributed by atoms with Crippen molar-refractivity contribution in [3.63, 3.8) is 0 Å². The van der Waals surface area contributed by atoms with Crippen LogP contribution in [0.1, 0.15) is 11.1 Å². The number of fused-ring (bicyclic) bond motifs is 1. The predicted octanol–water partition coefficient (Wildman–Crippen LogP) is 0.273. The van der Waals surface area contributed by atoms with Crippen molar-refractivity contribution in [3.8, 4) is 0 Å². The molecule has 1 aliphatic rings. The van der Waals surface area contributed by atoms with Crippen molar-refractivity contribution in [3.05, 3.63) is 41.6 Å². The Labute approximate surface area is 103 Å². The number of nitrogens with zero attached hydrogens (tertiary/aromatic N) is 2. The number of amides is 1. The Kier molecular flexibility index (Phi) is 2.38. The summed E-state index contributed by atoms with van der Waals surface area (Å²) in [5.74, 6) is -0.142. The average Bonchev–Trinajstić information content (AvgIpc) is 2.95. The molecule has 1 aromatic heterocycles. The number of aromatic amines is 1. The number of rotatable bonds is 2. The highest BCUT2D eigenvalue weighted by Gasteiger charge is 2.42. The van der Waals surface area contributed by atoms with Crippen molar-refractivity contribution in [2.24, 2.45) is 0 Å². The summed E-state index contributed by atoms with van der Waals surface area (Å²) in [4.78, 5) is 12.1. The Bertz CT molecular complexity index is 555. The molecule has 6 heteroatoms. The number of aliphatic hydroxyl groups is 1. The fraction of sp³-hybridized carbons (Fsp3) is 0.250. The van der Waals surface area contributed by atoms with E-state index in [0.717, 1.165) is 11.1 Å². The minimum Gasteiger partial charge on any atom is -0.379 e. The number of carbonyl (C=O) groups excluding carboxylic acids is 1. The molecular formula is C12H12N4O2. The first kappa shape index (κ1) is 10.9. The van der Waals surface area contributed by atoms with Gasteiger partial charge in [-0.2, -0.15) is 10.3 Å². The second kappa shape index (κ2) is 3.92. The molecule has 1 amide bonds. The monoisotopic (exact) mass is 244 g/mol. The van der Waals surface area contributed by atoms with E-state index in [2.05, 4.69) is 20.7 Å². The molecule has 92 valence electrons. The van der Waals surface area contributed by atoms with E-state index in [1.54, 1.807) is 0 Å². The fourth-order valence-corrected chi connectivity index (χ4v) is 2.25. The third-order valence-electron chi connectivity index (χ3n) is 3.16. The number of hydrogen-bond acceptors (Lipinski definition) is 4. The first-order chi connectivity index (χ1) is 8.67.